The third kappa shape index (κ3) is 6.27. The van der Waals surface area contributed by atoms with Crippen molar-refractivity contribution in [1.29, 1.82) is 5.26 Å². The van der Waals surface area contributed by atoms with Crippen LogP contribution in [0.2, 0.25) is 0 Å². The first kappa shape index (κ1) is 36.9. The Balaban J connectivity index is 1.46. The summed E-state index contributed by atoms with van der Waals surface area (Å²) in [5.74, 6) is -2.48. The number of hydrogen-bond acceptors (Lipinski definition) is 10. The summed E-state index contributed by atoms with van der Waals surface area (Å²) < 4.78 is 104. The Labute approximate surface area is 305 Å². The number of ether oxygens (including phenoxy) is 2. The average Bonchev–Trinajstić information content (AvgIpc) is 3.85. The molecule has 4 unspecified atom stereocenters. The Kier molecular flexibility index (Phi) is 9.61. The molecule has 17 heteroatoms. The van der Waals surface area contributed by atoms with E-state index >= 15 is 17.6 Å². The van der Waals surface area contributed by atoms with Crippen LogP contribution in [0.3, 0.4) is 0 Å². The number of nitrogen functional groups attached to an aromatic ring is 1. The Bertz CT molecular complexity index is 2140. The van der Waals surface area contributed by atoms with Crippen LogP contribution in [-0.4, -0.2) is 96.0 Å². The van der Waals surface area contributed by atoms with Crippen molar-refractivity contribution in [1.82, 2.24) is 19.8 Å². The molecule has 2 aromatic carbocycles. The molecule has 0 spiro atoms. The van der Waals surface area contributed by atoms with Gasteiger partial charge in [-0.25, -0.2) is 13.2 Å². The molecule has 3 aliphatic rings. The van der Waals surface area contributed by atoms with E-state index in [-0.39, 0.29) is 94.6 Å². The summed E-state index contributed by atoms with van der Waals surface area (Å²) in [6.45, 7) is 4.70. The van der Waals surface area contributed by atoms with Crippen LogP contribution in [0.15, 0.2) is 18.2 Å². The largest absolute Gasteiger partial charge is 0.461 e. The minimum atomic E-state index is -5.14. The number of rotatable bonds is 9. The molecule has 4 atom stereocenters. The number of nitrogens with zero attached hydrogens (tertiary/aromatic N) is 6. The lowest BCUT2D eigenvalue weighted by Gasteiger charge is -2.32. The molecule has 1 amide bonds. The van der Waals surface area contributed by atoms with Crippen LogP contribution in [0.1, 0.15) is 50.7 Å². The highest BCUT2D eigenvalue weighted by Crippen LogP contribution is 2.48. The lowest BCUT2D eigenvalue weighted by atomic mass is 9.92. The molecule has 0 radical (unpaired) electrons. The van der Waals surface area contributed by atoms with Gasteiger partial charge in [0.1, 0.15) is 41.0 Å². The summed E-state index contributed by atoms with van der Waals surface area (Å²) in [5, 5.41) is 9.22. The molecule has 3 saturated heterocycles. The van der Waals surface area contributed by atoms with Crippen LogP contribution in [0, 0.1) is 23.0 Å². The number of halogens is 6. The Morgan fingerprint density at radius 3 is 2.70 bits per heavy atom. The van der Waals surface area contributed by atoms with E-state index in [1.807, 2.05) is 11.0 Å². The van der Waals surface area contributed by atoms with Gasteiger partial charge in [0.15, 0.2) is 5.82 Å². The van der Waals surface area contributed by atoms with E-state index in [4.69, 9.17) is 15.2 Å². The minimum absolute atomic E-state index is 0.0324. The maximum Gasteiger partial charge on any atom is 0.417 e. The van der Waals surface area contributed by atoms with Gasteiger partial charge in [0, 0.05) is 56.4 Å². The van der Waals surface area contributed by atoms with E-state index in [1.54, 1.807) is 16.7 Å². The first-order valence-electron chi connectivity index (χ1n) is 17.3. The van der Waals surface area contributed by atoms with E-state index in [0.717, 1.165) is 24.6 Å². The zero-order valence-corrected chi connectivity index (χ0v) is 30.0. The average molecular weight is 762 g/mol. The number of thiophene rings is 1. The highest BCUT2D eigenvalue weighted by molar-refractivity contribution is 7.23. The number of carbonyl (C=O) groups is 1. The maximum absolute atomic E-state index is 17.3. The number of likely N-dealkylation sites (tertiary alicyclic amines) is 1. The number of nitriles is 1. The van der Waals surface area contributed by atoms with Crippen molar-refractivity contribution in [2.45, 2.75) is 69.5 Å². The number of nitrogens with two attached hydrogens (primary N) is 1. The zero-order valence-electron chi connectivity index (χ0n) is 29.2. The molecule has 0 bridgehead atoms. The Morgan fingerprint density at radius 1 is 1.25 bits per heavy atom. The molecule has 4 aromatic rings. The molecule has 10 nitrogen and oxygen atoms in total. The van der Waals surface area contributed by atoms with Crippen LogP contribution in [0.5, 0.6) is 6.01 Å². The number of hydrogen-bond donors (Lipinski definition) is 1. The number of carbonyl (C=O) groups excluding carboxylic acids is 1. The fourth-order valence-electron chi connectivity index (χ4n) is 8.55. The first-order chi connectivity index (χ1) is 25.2. The number of benzene rings is 2. The van der Waals surface area contributed by atoms with E-state index in [0.29, 0.717) is 30.7 Å². The van der Waals surface area contributed by atoms with Crippen LogP contribution >= 0.6 is 11.3 Å². The second-order valence-electron chi connectivity index (χ2n) is 13.9. The van der Waals surface area contributed by atoms with Crippen molar-refractivity contribution in [2.24, 2.45) is 0 Å². The molecule has 5 heterocycles. The SMILES string of the molecule is CCN(c1nc(OCC23CCCN2CC(F)C3)nc2c(F)c(-c3ccc(F)c4sc(N)c(C#N)c34)c(C(F)(F)F)cc12)C1CC(COC)N(C(C)=O)C1. The summed E-state index contributed by atoms with van der Waals surface area (Å²) in [4.78, 5) is 26.9. The second-order valence-corrected chi connectivity index (χ2v) is 15.0. The van der Waals surface area contributed by atoms with Crippen molar-refractivity contribution in [3.05, 3.63) is 41.0 Å². The predicted octanol–water partition coefficient (Wildman–Crippen LogP) is 6.68. The van der Waals surface area contributed by atoms with E-state index in [9.17, 15) is 18.8 Å². The lowest BCUT2D eigenvalue weighted by molar-refractivity contribution is -0.137. The fourth-order valence-corrected chi connectivity index (χ4v) is 9.50. The van der Waals surface area contributed by atoms with Gasteiger partial charge in [-0.2, -0.15) is 28.4 Å². The molecular weight excluding hydrogens is 724 g/mol. The summed E-state index contributed by atoms with van der Waals surface area (Å²) >= 11 is 0.676. The van der Waals surface area contributed by atoms with Crippen LogP contribution in [-0.2, 0) is 15.7 Å². The van der Waals surface area contributed by atoms with Crippen molar-refractivity contribution in [2.75, 3.05) is 57.1 Å². The van der Waals surface area contributed by atoms with Gasteiger partial charge in [-0.3, -0.25) is 9.69 Å². The maximum atomic E-state index is 17.3. The molecule has 7 rings (SSSR count). The number of methoxy groups -OCH3 is 1. The molecule has 3 aliphatic heterocycles. The number of fused-ring (bicyclic) bond motifs is 3. The molecule has 282 valence electrons. The molecular formula is C36H37F6N7O3S. The Morgan fingerprint density at radius 2 is 2.02 bits per heavy atom. The minimum Gasteiger partial charge on any atom is -0.461 e. The predicted molar refractivity (Wildman–Crippen MR) is 187 cm³/mol. The van der Waals surface area contributed by atoms with Gasteiger partial charge in [-0.1, -0.05) is 6.07 Å². The number of amides is 1. The van der Waals surface area contributed by atoms with Gasteiger partial charge in [0.05, 0.1) is 40.1 Å². The number of aromatic nitrogens is 2. The third-order valence-corrected chi connectivity index (χ3v) is 11.9. The number of alkyl halides is 4. The molecule has 2 N–H and O–H groups in total. The van der Waals surface area contributed by atoms with Crippen LogP contribution in [0.25, 0.3) is 32.1 Å². The normalized spacial score (nSPS) is 23.2. The third-order valence-electron chi connectivity index (χ3n) is 10.8. The Hall–Kier alpha value is -4.40. The lowest BCUT2D eigenvalue weighted by Crippen LogP contribution is -2.43. The number of anilines is 2. The van der Waals surface area contributed by atoms with Gasteiger partial charge in [0.2, 0.25) is 5.91 Å². The van der Waals surface area contributed by atoms with E-state index < -0.39 is 52.2 Å². The molecule has 53 heavy (non-hydrogen) atoms. The van der Waals surface area contributed by atoms with Gasteiger partial charge in [-0.05, 0) is 50.4 Å². The summed E-state index contributed by atoms with van der Waals surface area (Å²) in [6.07, 6.45) is -4.12. The summed E-state index contributed by atoms with van der Waals surface area (Å²) in [5.41, 5.74) is 1.84. The highest BCUT2D eigenvalue weighted by Gasteiger charge is 2.49. The van der Waals surface area contributed by atoms with Gasteiger partial charge in [-0.15, -0.1) is 11.3 Å². The molecule has 3 fully saturated rings. The monoisotopic (exact) mass is 761 g/mol. The summed E-state index contributed by atoms with van der Waals surface area (Å²) in [6, 6.07) is 3.38. The standard InChI is InChI=1S/C36H37F6N7O3S/c1-4-48(20-10-21(16-51-3)49(15-20)18(2)50)33-23-11-25(36(40,41)42)28(22-6-7-26(38)31-27(22)24(13-43)32(44)53-31)29(39)30(23)45-34(46-33)52-17-35-8-5-9-47(35)14-19(37)12-35/h6-7,11,19-21H,4-5,8-10,12,14-17,44H2,1-3H3. The van der Waals surface area contributed by atoms with Gasteiger partial charge < -0.3 is 25.0 Å². The molecule has 0 aliphatic carbocycles. The van der Waals surface area contributed by atoms with Crippen LogP contribution < -0.4 is 15.4 Å². The van der Waals surface area contributed by atoms with Crippen molar-refractivity contribution in [3.63, 3.8) is 0 Å². The topological polar surface area (TPSA) is 121 Å². The highest BCUT2D eigenvalue weighted by atomic mass is 32.1. The molecule has 2 aromatic heterocycles. The molecule has 0 saturated carbocycles. The smallest absolute Gasteiger partial charge is 0.417 e. The second kappa shape index (κ2) is 13.8. The van der Waals surface area contributed by atoms with Crippen molar-refractivity contribution < 1.29 is 40.6 Å². The van der Waals surface area contributed by atoms with Crippen molar-refractivity contribution in [3.8, 4) is 23.2 Å². The summed E-state index contributed by atoms with van der Waals surface area (Å²) in [7, 11) is 1.50. The van der Waals surface area contributed by atoms with E-state index in [2.05, 4.69) is 9.97 Å². The van der Waals surface area contributed by atoms with Crippen LogP contribution in [0.4, 0.5) is 37.2 Å². The van der Waals surface area contributed by atoms with Gasteiger partial charge >= 0.3 is 12.2 Å². The fraction of sp³-hybridized carbons (Fsp3) is 0.500. The first-order valence-corrected chi connectivity index (χ1v) is 18.1. The van der Waals surface area contributed by atoms with Crippen molar-refractivity contribution >= 4 is 49.1 Å². The number of likely N-dealkylation sites (N-methyl/N-ethyl adjacent to an activating group) is 1. The quantitative estimate of drug-likeness (QED) is 0.186. The zero-order chi connectivity index (χ0) is 38.0. The van der Waals surface area contributed by atoms with E-state index in [1.165, 1.54) is 14.0 Å². The van der Waals surface area contributed by atoms with Gasteiger partial charge in [0.25, 0.3) is 0 Å².